The highest BCUT2D eigenvalue weighted by Gasteiger charge is 2.16. The van der Waals surface area contributed by atoms with E-state index in [1.54, 1.807) is 7.05 Å². The van der Waals surface area contributed by atoms with Crippen LogP contribution in [-0.2, 0) is 11.3 Å². The van der Waals surface area contributed by atoms with E-state index in [2.05, 4.69) is 65.6 Å². The molecule has 2 rings (SSSR count). The number of guanidine groups is 1. The Balaban J connectivity index is 0.00000480. The molecule has 0 amide bonds. The van der Waals surface area contributed by atoms with Crippen molar-refractivity contribution in [3.05, 3.63) is 59.4 Å². The Bertz CT molecular complexity index is 784. The Hall–Kier alpha value is -1.87. The molecule has 0 bridgehead atoms. The maximum Gasteiger partial charge on any atom is 0.191 e. The van der Waals surface area contributed by atoms with Crippen LogP contribution in [0.2, 0.25) is 0 Å². The van der Waals surface area contributed by atoms with Gasteiger partial charge in [-0.15, -0.1) is 24.0 Å². The smallest absolute Gasteiger partial charge is 0.191 e. The summed E-state index contributed by atoms with van der Waals surface area (Å²) in [6.45, 7) is 11.8. The van der Waals surface area contributed by atoms with Gasteiger partial charge in [-0.1, -0.05) is 32.0 Å². The minimum Gasteiger partial charge on any atom is -0.491 e. The van der Waals surface area contributed by atoms with E-state index in [1.807, 2.05) is 25.4 Å². The van der Waals surface area contributed by atoms with Gasteiger partial charge in [0.15, 0.2) is 5.96 Å². The van der Waals surface area contributed by atoms with Crippen molar-refractivity contribution in [3.8, 4) is 5.75 Å². The maximum atomic E-state index is 5.94. The lowest BCUT2D eigenvalue weighted by molar-refractivity contribution is 0.110. The molecule has 1 unspecified atom stereocenters. The molecule has 0 aliphatic rings. The van der Waals surface area contributed by atoms with Crippen molar-refractivity contribution >= 4 is 29.9 Å². The minimum atomic E-state index is 0. The van der Waals surface area contributed by atoms with E-state index in [9.17, 15) is 0 Å². The van der Waals surface area contributed by atoms with Gasteiger partial charge in [0, 0.05) is 50.6 Å². The molecule has 0 spiro atoms. The summed E-state index contributed by atoms with van der Waals surface area (Å²) in [5, 5.41) is 6.87. The predicted octanol–water partition coefficient (Wildman–Crippen LogP) is 4.53. The number of aliphatic imine (C=N–C) groups is 1. The van der Waals surface area contributed by atoms with Crippen LogP contribution in [-0.4, -0.2) is 44.4 Å². The molecule has 31 heavy (non-hydrogen) atoms. The third-order valence-corrected chi connectivity index (χ3v) is 4.99. The number of halogens is 1. The molecule has 0 fully saturated rings. The van der Waals surface area contributed by atoms with Gasteiger partial charge in [-0.3, -0.25) is 9.98 Å². The van der Waals surface area contributed by atoms with E-state index in [0.29, 0.717) is 38.2 Å². The SMILES string of the molecule is CCOCCOc1cc(C)ccc1CNC(=NC)NCC(c1cccnc1)C(C)C.I. The monoisotopic (exact) mass is 540 g/mol. The van der Waals surface area contributed by atoms with Gasteiger partial charge in [0.25, 0.3) is 0 Å². The molecule has 0 aliphatic carbocycles. The first-order valence-corrected chi connectivity index (χ1v) is 10.7. The number of aryl methyl sites for hydroxylation is 1. The summed E-state index contributed by atoms with van der Waals surface area (Å²) in [6, 6.07) is 10.4. The van der Waals surface area contributed by atoms with Gasteiger partial charge in [-0.05, 0) is 43.0 Å². The zero-order valence-corrected chi connectivity index (χ0v) is 21.7. The van der Waals surface area contributed by atoms with E-state index >= 15 is 0 Å². The zero-order valence-electron chi connectivity index (χ0n) is 19.4. The average Bonchev–Trinajstić information content (AvgIpc) is 2.75. The Kier molecular flexibility index (Phi) is 13.2. The highest BCUT2D eigenvalue weighted by atomic mass is 127. The van der Waals surface area contributed by atoms with Crippen LogP contribution in [0.5, 0.6) is 5.75 Å². The standard InChI is InChI=1S/C24H36N4O2.HI/c1-6-29-12-13-30-23-14-19(4)9-10-21(23)16-27-24(25-5)28-17-22(18(2)3)20-8-7-11-26-15-20;/h7-11,14-15,18,22H,6,12-13,16-17H2,1-5H3,(H2,25,27,28);1H. The number of nitrogens with zero attached hydrogens (tertiary/aromatic N) is 2. The molecule has 1 aromatic carbocycles. The Morgan fingerprint density at radius 2 is 1.97 bits per heavy atom. The summed E-state index contributed by atoms with van der Waals surface area (Å²) in [6.07, 6.45) is 3.76. The van der Waals surface area contributed by atoms with Crippen molar-refractivity contribution in [3.63, 3.8) is 0 Å². The summed E-state index contributed by atoms with van der Waals surface area (Å²) in [4.78, 5) is 8.65. The van der Waals surface area contributed by atoms with Crippen molar-refractivity contribution in [2.45, 2.75) is 40.2 Å². The maximum absolute atomic E-state index is 5.94. The Labute approximate surface area is 204 Å². The van der Waals surface area contributed by atoms with Crippen LogP contribution in [0.1, 0.15) is 43.4 Å². The van der Waals surface area contributed by atoms with Gasteiger partial charge in [-0.25, -0.2) is 0 Å². The van der Waals surface area contributed by atoms with Gasteiger partial charge in [0.1, 0.15) is 12.4 Å². The number of rotatable bonds is 11. The molecule has 1 atom stereocenters. The van der Waals surface area contributed by atoms with Crippen LogP contribution in [0.4, 0.5) is 0 Å². The number of ether oxygens (including phenoxy) is 2. The fourth-order valence-electron chi connectivity index (χ4n) is 3.24. The van der Waals surface area contributed by atoms with Gasteiger partial charge < -0.3 is 20.1 Å². The highest BCUT2D eigenvalue weighted by molar-refractivity contribution is 14.0. The molecule has 7 heteroatoms. The molecule has 0 aliphatic heterocycles. The summed E-state index contributed by atoms with van der Waals surface area (Å²) < 4.78 is 11.3. The third kappa shape index (κ3) is 9.43. The molecule has 1 heterocycles. The average molecular weight is 540 g/mol. The molecular formula is C24H37IN4O2. The molecule has 0 saturated heterocycles. The van der Waals surface area contributed by atoms with Crippen molar-refractivity contribution in [1.82, 2.24) is 15.6 Å². The second kappa shape index (κ2) is 15.0. The van der Waals surface area contributed by atoms with Crippen LogP contribution in [0, 0.1) is 12.8 Å². The number of benzene rings is 1. The number of nitrogens with one attached hydrogen (secondary N) is 2. The van der Waals surface area contributed by atoms with Crippen LogP contribution >= 0.6 is 24.0 Å². The van der Waals surface area contributed by atoms with E-state index in [4.69, 9.17) is 9.47 Å². The van der Waals surface area contributed by atoms with E-state index < -0.39 is 0 Å². The quantitative estimate of drug-likeness (QED) is 0.190. The summed E-state index contributed by atoms with van der Waals surface area (Å²) in [5.41, 5.74) is 3.50. The third-order valence-electron chi connectivity index (χ3n) is 4.99. The first-order chi connectivity index (χ1) is 14.5. The summed E-state index contributed by atoms with van der Waals surface area (Å²) in [5.74, 6) is 2.50. The van der Waals surface area contributed by atoms with Crippen LogP contribution in [0.25, 0.3) is 0 Å². The van der Waals surface area contributed by atoms with Gasteiger partial charge >= 0.3 is 0 Å². The van der Waals surface area contributed by atoms with Gasteiger partial charge in [0.05, 0.1) is 6.61 Å². The summed E-state index contributed by atoms with van der Waals surface area (Å²) >= 11 is 0. The first-order valence-electron chi connectivity index (χ1n) is 10.7. The van der Waals surface area contributed by atoms with Crippen molar-refractivity contribution in [2.24, 2.45) is 10.9 Å². The highest BCUT2D eigenvalue weighted by Crippen LogP contribution is 2.23. The fourth-order valence-corrected chi connectivity index (χ4v) is 3.24. The van der Waals surface area contributed by atoms with E-state index in [-0.39, 0.29) is 24.0 Å². The molecule has 2 aromatic rings. The van der Waals surface area contributed by atoms with Crippen LogP contribution in [0.15, 0.2) is 47.7 Å². The van der Waals surface area contributed by atoms with Crippen molar-refractivity contribution in [2.75, 3.05) is 33.4 Å². The summed E-state index contributed by atoms with van der Waals surface area (Å²) in [7, 11) is 1.79. The Morgan fingerprint density at radius 1 is 1.16 bits per heavy atom. The topological polar surface area (TPSA) is 67.8 Å². The molecule has 2 N–H and O–H groups in total. The lowest BCUT2D eigenvalue weighted by Crippen LogP contribution is -2.39. The van der Waals surface area contributed by atoms with Crippen molar-refractivity contribution in [1.29, 1.82) is 0 Å². The molecule has 1 aromatic heterocycles. The van der Waals surface area contributed by atoms with Crippen LogP contribution in [0.3, 0.4) is 0 Å². The van der Waals surface area contributed by atoms with Crippen LogP contribution < -0.4 is 15.4 Å². The molecule has 0 saturated carbocycles. The second-order valence-corrected chi connectivity index (χ2v) is 7.60. The Morgan fingerprint density at radius 3 is 2.61 bits per heavy atom. The zero-order chi connectivity index (χ0) is 21.8. The normalized spacial score (nSPS) is 12.3. The van der Waals surface area contributed by atoms with E-state index in [1.165, 1.54) is 11.1 Å². The van der Waals surface area contributed by atoms with Gasteiger partial charge in [0.2, 0.25) is 0 Å². The molecule has 172 valence electrons. The largest absolute Gasteiger partial charge is 0.491 e. The number of aromatic nitrogens is 1. The molecule has 6 nitrogen and oxygen atoms in total. The lowest BCUT2D eigenvalue weighted by atomic mass is 9.89. The molecule has 0 radical (unpaired) electrons. The second-order valence-electron chi connectivity index (χ2n) is 7.60. The number of pyridine rings is 1. The number of hydrogen-bond donors (Lipinski definition) is 2. The predicted molar refractivity (Wildman–Crippen MR) is 139 cm³/mol. The molecular weight excluding hydrogens is 503 g/mol. The first kappa shape index (κ1) is 27.2. The van der Waals surface area contributed by atoms with Gasteiger partial charge in [-0.2, -0.15) is 0 Å². The van der Waals surface area contributed by atoms with E-state index in [0.717, 1.165) is 23.8 Å². The number of hydrogen-bond acceptors (Lipinski definition) is 4. The van der Waals surface area contributed by atoms with Crippen molar-refractivity contribution < 1.29 is 9.47 Å². The fraction of sp³-hybridized carbons (Fsp3) is 0.500. The lowest BCUT2D eigenvalue weighted by Gasteiger charge is -2.23. The minimum absolute atomic E-state index is 0.